The average Bonchev–Trinajstić information content (AvgIpc) is 2.64. The minimum atomic E-state index is -1.16. The smallest absolute Gasteiger partial charge is 0.328 e. The maximum Gasteiger partial charge on any atom is 0.328 e. The summed E-state index contributed by atoms with van der Waals surface area (Å²) >= 11 is 0. The summed E-state index contributed by atoms with van der Waals surface area (Å²) in [5.74, 6) is -2.23. The molecule has 7 heteroatoms. The number of hydrogen-bond donors (Lipinski definition) is 3. The van der Waals surface area contributed by atoms with Crippen LogP contribution in [0.3, 0.4) is 0 Å². The second-order valence-corrected chi connectivity index (χ2v) is 7.62. The summed E-state index contributed by atoms with van der Waals surface area (Å²) in [4.78, 5) is 37.3. The van der Waals surface area contributed by atoms with Crippen molar-refractivity contribution in [3.05, 3.63) is 35.9 Å². The van der Waals surface area contributed by atoms with Crippen molar-refractivity contribution in [3.63, 3.8) is 0 Å². The molecular formula is C20H30N2O5. The summed E-state index contributed by atoms with van der Waals surface area (Å²) in [6.07, 6.45) is 0.700. The lowest BCUT2D eigenvalue weighted by atomic mass is 9.73. The molecule has 0 heterocycles. The van der Waals surface area contributed by atoms with Gasteiger partial charge in [0, 0.05) is 6.42 Å². The third-order valence-corrected chi connectivity index (χ3v) is 4.67. The third-order valence-electron chi connectivity index (χ3n) is 4.67. The normalized spacial score (nSPS) is 13.6. The molecule has 1 unspecified atom stereocenters. The molecular weight excluding hydrogens is 348 g/mol. The topological polar surface area (TPSA) is 105 Å². The zero-order valence-electron chi connectivity index (χ0n) is 16.6. The minimum absolute atomic E-state index is 0.136. The Hall–Kier alpha value is -2.41. The largest absolute Gasteiger partial charge is 0.467 e. The molecule has 0 aliphatic carbocycles. The predicted octanol–water partition coefficient (Wildman–Crippen LogP) is 2.08. The monoisotopic (exact) mass is 378 g/mol. The van der Waals surface area contributed by atoms with Gasteiger partial charge >= 0.3 is 5.97 Å². The highest BCUT2D eigenvalue weighted by Crippen LogP contribution is 2.32. The SMILES string of the molecule is COC(=O)C(Cc1ccccc1)NC(=O)[C@H](CC(C)C)C(C)(C)C(=O)NO. The molecule has 1 aromatic carbocycles. The molecule has 150 valence electrons. The van der Waals surface area contributed by atoms with Gasteiger partial charge in [0.25, 0.3) is 0 Å². The molecule has 27 heavy (non-hydrogen) atoms. The Labute approximate surface area is 160 Å². The molecule has 0 aliphatic heterocycles. The van der Waals surface area contributed by atoms with E-state index in [0.717, 1.165) is 5.56 Å². The summed E-state index contributed by atoms with van der Waals surface area (Å²) < 4.78 is 4.83. The molecule has 0 saturated carbocycles. The van der Waals surface area contributed by atoms with Gasteiger partial charge in [-0.25, -0.2) is 10.3 Å². The first-order valence-electron chi connectivity index (χ1n) is 9.00. The van der Waals surface area contributed by atoms with Crippen LogP contribution in [0.1, 0.15) is 39.7 Å². The van der Waals surface area contributed by atoms with Crippen molar-refractivity contribution in [2.24, 2.45) is 17.3 Å². The van der Waals surface area contributed by atoms with Crippen LogP contribution in [-0.2, 0) is 25.5 Å². The zero-order valence-corrected chi connectivity index (χ0v) is 16.6. The lowest BCUT2D eigenvalue weighted by Crippen LogP contribution is -2.52. The van der Waals surface area contributed by atoms with Crippen molar-refractivity contribution in [1.29, 1.82) is 0 Å². The molecule has 7 nitrogen and oxygen atoms in total. The van der Waals surface area contributed by atoms with Gasteiger partial charge in [-0.15, -0.1) is 0 Å². The summed E-state index contributed by atoms with van der Waals surface area (Å²) in [7, 11) is 1.27. The van der Waals surface area contributed by atoms with Crippen LogP contribution in [0.5, 0.6) is 0 Å². The number of carbonyl (C=O) groups excluding carboxylic acids is 3. The summed E-state index contributed by atoms with van der Waals surface area (Å²) in [6, 6.07) is 8.41. The molecule has 0 aliphatic rings. The van der Waals surface area contributed by atoms with Crippen LogP contribution in [0.25, 0.3) is 0 Å². The first-order valence-corrected chi connectivity index (χ1v) is 9.00. The van der Waals surface area contributed by atoms with Gasteiger partial charge in [-0.3, -0.25) is 14.8 Å². The lowest BCUT2D eigenvalue weighted by Gasteiger charge is -2.33. The van der Waals surface area contributed by atoms with Gasteiger partial charge < -0.3 is 10.1 Å². The van der Waals surface area contributed by atoms with Crippen molar-refractivity contribution >= 4 is 17.8 Å². The molecule has 0 fully saturated rings. The van der Waals surface area contributed by atoms with Crippen molar-refractivity contribution in [1.82, 2.24) is 10.8 Å². The average molecular weight is 378 g/mol. The highest BCUT2D eigenvalue weighted by atomic mass is 16.5. The second kappa shape index (κ2) is 10.1. The minimum Gasteiger partial charge on any atom is -0.467 e. The van der Waals surface area contributed by atoms with Crippen LogP contribution in [0, 0.1) is 17.3 Å². The van der Waals surface area contributed by atoms with E-state index in [1.165, 1.54) is 7.11 Å². The van der Waals surface area contributed by atoms with Gasteiger partial charge in [0.1, 0.15) is 6.04 Å². The number of benzene rings is 1. The van der Waals surface area contributed by atoms with Crippen molar-refractivity contribution < 1.29 is 24.3 Å². The summed E-state index contributed by atoms with van der Waals surface area (Å²) in [5.41, 5.74) is 1.35. The summed E-state index contributed by atoms with van der Waals surface area (Å²) in [5, 5.41) is 11.8. The van der Waals surface area contributed by atoms with E-state index in [9.17, 15) is 14.4 Å². The van der Waals surface area contributed by atoms with Crippen molar-refractivity contribution in [2.75, 3.05) is 7.11 Å². The van der Waals surface area contributed by atoms with Gasteiger partial charge in [0.2, 0.25) is 11.8 Å². The Morgan fingerprint density at radius 1 is 1.15 bits per heavy atom. The van der Waals surface area contributed by atoms with E-state index < -0.39 is 35.2 Å². The number of rotatable bonds is 9. The van der Waals surface area contributed by atoms with Gasteiger partial charge in [0.05, 0.1) is 18.4 Å². The Balaban J connectivity index is 3.06. The Bertz CT molecular complexity index is 643. The lowest BCUT2D eigenvalue weighted by molar-refractivity contribution is -0.150. The highest BCUT2D eigenvalue weighted by Gasteiger charge is 2.42. The van der Waals surface area contributed by atoms with Crippen molar-refractivity contribution in [2.45, 2.75) is 46.6 Å². The fourth-order valence-corrected chi connectivity index (χ4v) is 2.96. The molecule has 2 atom stereocenters. The second-order valence-electron chi connectivity index (χ2n) is 7.62. The predicted molar refractivity (Wildman–Crippen MR) is 101 cm³/mol. The standard InChI is InChI=1S/C20H30N2O5/c1-13(2)11-15(20(3,4)19(25)22-26)17(23)21-16(18(24)27-5)12-14-9-7-6-8-10-14/h6-10,13,15-16,26H,11-12H2,1-5H3,(H,21,23)(H,22,25)/t15-,16?/m0/s1. The Morgan fingerprint density at radius 2 is 1.74 bits per heavy atom. The molecule has 0 aromatic heterocycles. The van der Waals surface area contributed by atoms with Crippen LogP contribution in [0.2, 0.25) is 0 Å². The van der Waals surface area contributed by atoms with E-state index in [-0.39, 0.29) is 12.3 Å². The van der Waals surface area contributed by atoms with Gasteiger partial charge in [-0.1, -0.05) is 58.0 Å². The van der Waals surface area contributed by atoms with Crippen LogP contribution in [0.15, 0.2) is 30.3 Å². The van der Waals surface area contributed by atoms with E-state index in [4.69, 9.17) is 9.94 Å². The molecule has 0 saturated heterocycles. The van der Waals surface area contributed by atoms with E-state index in [1.807, 2.05) is 44.2 Å². The maximum atomic E-state index is 13.0. The number of carbonyl (C=O) groups is 3. The number of hydrogen-bond acceptors (Lipinski definition) is 5. The number of ether oxygens (including phenoxy) is 1. The third kappa shape index (κ3) is 6.36. The molecule has 3 N–H and O–H groups in total. The number of amides is 2. The molecule has 1 aromatic rings. The van der Waals surface area contributed by atoms with Crippen molar-refractivity contribution in [3.8, 4) is 0 Å². The first kappa shape index (κ1) is 22.6. The molecule has 0 bridgehead atoms. The van der Waals surface area contributed by atoms with E-state index in [1.54, 1.807) is 19.3 Å². The van der Waals surface area contributed by atoms with Crippen LogP contribution in [0.4, 0.5) is 0 Å². The van der Waals surface area contributed by atoms with Crippen LogP contribution < -0.4 is 10.8 Å². The van der Waals surface area contributed by atoms with Crippen LogP contribution >= 0.6 is 0 Å². The quantitative estimate of drug-likeness (QED) is 0.347. The zero-order chi connectivity index (χ0) is 20.6. The number of methoxy groups -OCH3 is 1. The van der Waals surface area contributed by atoms with E-state index in [2.05, 4.69) is 5.32 Å². The number of hydroxylamine groups is 1. The Kier molecular flexibility index (Phi) is 8.43. The summed E-state index contributed by atoms with van der Waals surface area (Å²) in [6.45, 7) is 7.06. The van der Waals surface area contributed by atoms with Crippen LogP contribution in [-0.4, -0.2) is 36.1 Å². The molecule has 1 rings (SSSR count). The molecule has 0 spiro atoms. The fourth-order valence-electron chi connectivity index (χ4n) is 2.96. The fraction of sp³-hybridized carbons (Fsp3) is 0.550. The first-order chi connectivity index (χ1) is 12.6. The van der Waals surface area contributed by atoms with E-state index >= 15 is 0 Å². The Morgan fingerprint density at radius 3 is 2.22 bits per heavy atom. The molecule has 2 amide bonds. The maximum absolute atomic E-state index is 13.0. The highest BCUT2D eigenvalue weighted by molar-refractivity contribution is 5.91. The number of nitrogens with one attached hydrogen (secondary N) is 2. The molecule has 0 radical (unpaired) electrons. The van der Waals surface area contributed by atoms with Gasteiger partial charge in [-0.05, 0) is 17.9 Å². The van der Waals surface area contributed by atoms with E-state index in [0.29, 0.717) is 6.42 Å². The van der Waals surface area contributed by atoms with Gasteiger partial charge in [0.15, 0.2) is 0 Å². The van der Waals surface area contributed by atoms with Gasteiger partial charge in [-0.2, -0.15) is 0 Å². The number of esters is 1.